The molecule has 3 aromatic rings. The fourth-order valence-electron chi connectivity index (χ4n) is 3.81. The van der Waals surface area contributed by atoms with Gasteiger partial charge >= 0.3 is 12.1 Å². The van der Waals surface area contributed by atoms with E-state index in [1.807, 2.05) is 30.3 Å². The minimum Gasteiger partial charge on any atom is -0.481 e. The van der Waals surface area contributed by atoms with Crippen molar-refractivity contribution in [3.05, 3.63) is 90.0 Å². The highest BCUT2D eigenvalue weighted by molar-refractivity contribution is 5.88. The Morgan fingerprint density at radius 1 is 0.828 bits per heavy atom. The number of aliphatic carboxylic acids is 1. The molecule has 0 heterocycles. The first-order valence-electron chi connectivity index (χ1n) is 9.54. The summed E-state index contributed by atoms with van der Waals surface area (Å²) in [5.74, 6) is -0.999. The molecule has 5 heteroatoms. The Balaban J connectivity index is 1.54. The number of carbonyl (C=O) groups excluding carboxylic acids is 1. The van der Waals surface area contributed by atoms with Crippen LogP contribution in [0.5, 0.6) is 0 Å². The van der Waals surface area contributed by atoms with Crippen molar-refractivity contribution in [2.75, 3.05) is 18.1 Å². The van der Waals surface area contributed by atoms with E-state index in [2.05, 4.69) is 24.3 Å². The molecule has 0 saturated carbocycles. The van der Waals surface area contributed by atoms with Gasteiger partial charge in [-0.1, -0.05) is 66.7 Å². The van der Waals surface area contributed by atoms with Gasteiger partial charge in [0.15, 0.2) is 0 Å². The van der Waals surface area contributed by atoms with E-state index in [0.29, 0.717) is 5.69 Å². The third-order valence-corrected chi connectivity index (χ3v) is 5.17. The number of ether oxygens (including phenoxy) is 1. The Morgan fingerprint density at radius 2 is 1.38 bits per heavy atom. The normalized spacial score (nSPS) is 12.1. The first-order chi connectivity index (χ1) is 14.1. The van der Waals surface area contributed by atoms with Gasteiger partial charge in [-0.3, -0.25) is 9.69 Å². The summed E-state index contributed by atoms with van der Waals surface area (Å²) in [6.45, 7) is 0.249. The number of carboxylic acids is 1. The average molecular weight is 387 g/mol. The fraction of sp³-hybridized carbons (Fsp3) is 0.167. The van der Waals surface area contributed by atoms with Crippen LogP contribution in [0.25, 0.3) is 11.1 Å². The van der Waals surface area contributed by atoms with Crippen LogP contribution in [0.15, 0.2) is 78.9 Å². The summed E-state index contributed by atoms with van der Waals surface area (Å²) in [4.78, 5) is 25.2. The first kappa shape index (κ1) is 18.7. The summed E-state index contributed by atoms with van der Waals surface area (Å²) in [7, 11) is 0. The smallest absolute Gasteiger partial charge is 0.414 e. The van der Waals surface area contributed by atoms with Crippen LogP contribution in [-0.2, 0) is 9.53 Å². The van der Waals surface area contributed by atoms with Crippen LogP contribution in [-0.4, -0.2) is 30.3 Å². The van der Waals surface area contributed by atoms with Crippen molar-refractivity contribution in [3.8, 4) is 11.1 Å². The van der Waals surface area contributed by atoms with Crippen LogP contribution in [0, 0.1) is 0 Å². The van der Waals surface area contributed by atoms with E-state index in [1.54, 1.807) is 24.3 Å². The van der Waals surface area contributed by atoms with Crippen LogP contribution in [0.2, 0.25) is 0 Å². The summed E-state index contributed by atoms with van der Waals surface area (Å²) in [6.07, 6.45) is -0.696. The summed E-state index contributed by atoms with van der Waals surface area (Å²) in [6, 6.07) is 25.3. The summed E-state index contributed by atoms with van der Waals surface area (Å²) in [5.41, 5.74) is 5.22. The molecule has 0 bridgehead atoms. The number of para-hydroxylation sites is 1. The summed E-state index contributed by atoms with van der Waals surface area (Å²) >= 11 is 0. The number of nitrogens with zero attached hydrogens (tertiary/aromatic N) is 1. The number of hydrogen-bond acceptors (Lipinski definition) is 3. The molecule has 5 nitrogen and oxygen atoms in total. The number of fused-ring (bicyclic) bond motifs is 3. The van der Waals surface area contributed by atoms with E-state index in [0.717, 1.165) is 22.3 Å². The molecular weight excluding hydrogens is 366 g/mol. The van der Waals surface area contributed by atoms with E-state index < -0.39 is 12.1 Å². The molecule has 0 aromatic heterocycles. The summed E-state index contributed by atoms with van der Waals surface area (Å²) < 4.78 is 5.68. The van der Waals surface area contributed by atoms with Crippen molar-refractivity contribution in [1.29, 1.82) is 0 Å². The number of carbonyl (C=O) groups is 2. The molecule has 3 aromatic carbocycles. The molecule has 4 rings (SSSR count). The molecule has 0 radical (unpaired) electrons. The standard InChI is InChI=1S/C24H21NO4/c26-23(27)14-15-25(17-8-2-1-3-9-17)24(28)29-16-22-20-12-6-4-10-18(20)19-11-5-7-13-21(19)22/h1-13,22H,14-16H2,(H,26,27). The third-order valence-electron chi connectivity index (χ3n) is 5.17. The van der Waals surface area contributed by atoms with Gasteiger partial charge in [0.1, 0.15) is 6.61 Å². The number of hydrogen-bond donors (Lipinski definition) is 1. The Kier molecular flexibility index (Phi) is 5.29. The first-order valence-corrected chi connectivity index (χ1v) is 9.54. The van der Waals surface area contributed by atoms with E-state index in [4.69, 9.17) is 9.84 Å². The van der Waals surface area contributed by atoms with E-state index in [9.17, 15) is 9.59 Å². The maximum Gasteiger partial charge on any atom is 0.414 e. The number of amides is 1. The lowest BCUT2D eigenvalue weighted by atomic mass is 9.98. The molecule has 1 aliphatic rings. The summed E-state index contributed by atoms with van der Waals surface area (Å²) in [5, 5.41) is 9.03. The maximum absolute atomic E-state index is 12.8. The lowest BCUT2D eigenvalue weighted by Crippen LogP contribution is -2.34. The van der Waals surface area contributed by atoms with Crippen molar-refractivity contribution >= 4 is 17.7 Å². The molecule has 0 saturated heterocycles. The second kappa shape index (κ2) is 8.19. The zero-order valence-electron chi connectivity index (χ0n) is 15.8. The van der Waals surface area contributed by atoms with Crippen LogP contribution in [0.1, 0.15) is 23.5 Å². The van der Waals surface area contributed by atoms with Gasteiger partial charge in [-0.05, 0) is 34.4 Å². The monoisotopic (exact) mass is 387 g/mol. The van der Waals surface area contributed by atoms with Crippen molar-refractivity contribution in [3.63, 3.8) is 0 Å². The number of rotatable bonds is 6. The number of anilines is 1. The minimum atomic E-state index is -0.961. The van der Waals surface area contributed by atoms with Gasteiger partial charge in [-0.25, -0.2) is 4.79 Å². The molecule has 0 unspecified atom stereocenters. The maximum atomic E-state index is 12.8. The van der Waals surface area contributed by atoms with Crippen molar-refractivity contribution in [2.24, 2.45) is 0 Å². The SMILES string of the molecule is O=C(O)CCN(C(=O)OCC1c2ccccc2-c2ccccc21)c1ccccc1. The molecule has 29 heavy (non-hydrogen) atoms. The fourth-order valence-corrected chi connectivity index (χ4v) is 3.81. The molecule has 1 aliphatic carbocycles. The van der Waals surface area contributed by atoms with Crippen LogP contribution < -0.4 is 4.90 Å². The zero-order valence-corrected chi connectivity index (χ0v) is 15.8. The molecular formula is C24H21NO4. The Labute approximate surface area is 169 Å². The predicted molar refractivity (Wildman–Crippen MR) is 111 cm³/mol. The van der Waals surface area contributed by atoms with Crippen molar-refractivity contribution < 1.29 is 19.4 Å². The highest BCUT2D eigenvalue weighted by atomic mass is 16.6. The Bertz CT molecular complexity index is 986. The predicted octanol–water partition coefficient (Wildman–Crippen LogP) is 4.92. The van der Waals surface area contributed by atoms with E-state index in [-0.39, 0.29) is 25.5 Å². The Hall–Kier alpha value is -3.60. The van der Waals surface area contributed by atoms with Gasteiger partial charge in [0, 0.05) is 18.2 Å². The van der Waals surface area contributed by atoms with Crippen LogP contribution in [0.4, 0.5) is 10.5 Å². The van der Waals surface area contributed by atoms with E-state index in [1.165, 1.54) is 4.90 Å². The average Bonchev–Trinajstić information content (AvgIpc) is 3.07. The molecule has 0 fully saturated rings. The van der Waals surface area contributed by atoms with Crippen LogP contribution in [0.3, 0.4) is 0 Å². The van der Waals surface area contributed by atoms with Gasteiger partial charge in [-0.2, -0.15) is 0 Å². The van der Waals surface area contributed by atoms with Crippen LogP contribution >= 0.6 is 0 Å². The van der Waals surface area contributed by atoms with Gasteiger partial charge < -0.3 is 9.84 Å². The second-order valence-electron chi connectivity index (χ2n) is 6.93. The van der Waals surface area contributed by atoms with E-state index >= 15 is 0 Å². The van der Waals surface area contributed by atoms with Crippen molar-refractivity contribution in [2.45, 2.75) is 12.3 Å². The minimum absolute atomic E-state index is 0.0385. The zero-order chi connectivity index (χ0) is 20.2. The van der Waals surface area contributed by atoms with Crippen molar-refractivity contribution in [1.82, 2.24) is 0 Å². The molecule has 0 spiro atoms. The number of benzene rings is 3. The van der Waals surface area contributed by atoms with Gasteiger partial charge in [0.25, 0.3) is 0 Å². The Morgan fingerprint density at radius 3 is 1.97 bits per heavy atom. The molecule has 146 valence electrons. The lowest BCUT2D eigenvalue weighted by molar-refractivity contribution is -0.136. The van der Waals surface area contributed by atoms with Gasteiger partial charge in [0.05, 0.1) is 6.42 Å². The molecule has 0 aliphatic heterocycles. The quantitative estimate of drug-likeness (QED) is 0.652. The molecule has 0 atom stereocenters. The van der Waals surface area contributed by atoms with Gasteiger partial charge in [0.2, 0.25) is 0 Å². The third kappa shape index (κ3) is 3.85. The lowest BCUT2D eigenvalue weighted by Gasteiger charge is -2.23. The number of carboxylic acid groups (broad SMARTS) is 1. The topological polar surface area (TPSA) is 66.8 Å². The molecule has 1 N–H and O–H groups in total. The largest absolute Gasteiger partial charge is 0.481 e. The highest BCUT2D eigenvalue weighted by Gasteiger charge is 2.30. The second-order valence-corrected chi connectivity index (χ2v) is 6.93. The highest BCUT2D eigenvalue weighted by Crippen LogP contribution is 2.44. The van der Waals surface area contributed by atoms with Gasteiger partial charge in [-0.15, -0.1) is 0 Å². The molecule has 1 amide bonds.